The molecule has 1 aromatic rings. The van der Waals surface area contributed by atoms with Gasteiger partial charge < -0.3 is 4.98 Å². The zero-order valence-electron chi connectivity index (χ0n) is 9.02. The summed E-state index contributed by atoms with van der Waals surface area (Å²) in [6, 6.07) is 0. The lowest BCUT2D eigenvalue weighted by atomic mass is 10.2. The Morgan fingerprint density at radius 1 is 1.60 bits per heavy atom. The molecule has 0 radical (unpaired) electrons. The van der Waals surface area contributed by atoms with Crippen molar-refractivity contribution >= 4 is 32.2 Å². The van der Waals surface area contributed by atoms with E-state index in [2.05, 4.69) is 39.1 Å². The van der Waals surface area contributed by atoms with E-state index in [4.69, 9.17) is 0 Å². The van der Waals surface area contributed by atoms with Gasteiger partial charge in [0, 0.05) is 3.58 Å². The molecular weight excluding hydrogens is 303 g/mol. The quantitative estimate of drug-likeness (QED) is 0.786. The van der Waals surface area contributed by atoms with Crippen LogP contribution in [0.2, 0.25) is 0 Å². The highest BCUT2D eigenvalue weighted by Gasteiger charge is 2.01. The van der Waals surface area contributed by atoms with Gasteiger partial charge in [0.25, 0.3) is 5.56 Å². The second-order valence-corrected chi connectivity index (χ2v) is 4.38. The van der Waals surface area contributed by atoms with Crippen LogP contribution in [0.15, 0.2) is 16.9 Å². The Morgan fingerprint density at radius 2 is 2.20 bits per heavy atom. The molecule has 1 N–H and O–H groups in total. The van der Waals surface area contributed by atoms with E-state index >= 15 is 0 Å². The molecule has 0 aliphatic rings. The van der Waals surface area contributed by atoms with Crippen LogP contribution in [-0.4, -0.2) is 9.97 Å². The molecule has 15 heavy (non-hydrogen) atoms. The Hall–Kier alpha value is -0.910. The number of nitrogens with one attached hydrogen (secondary N) is 1. The van der Waals surface area contributed by atoms with Crippen LogP contribution in [0.5, 0.6) is 0 Å². The monoisotopic (exact) mass is 316 g/mol. The number of aryl methyl sites for hydroxylation is 1. The molecule has 0 bridgehead atoms. The van der Waals surface area contributed by atoms with Crippen LogP contribution in [0.3, 0.4) is 0 Å². The van der Waals surface area contributed by atoms with Crippen LogP contribution in [0.25, 0.3) is 9.66 Å². The number of aromatic amines is 1. The molecule has 4 heteroatoms. The summed E-state index contributed by atoms with van der Waals surface area (Å²) in [5.41, 5.74) is 0.812. The predicted molar refractivity (Wildman–Crippen MR) is 71.2 cm³/mol. The SMILES string of the molecule is C=C(C)/C(I)=c1/nc(C)[nH]c(=O)/c1=C/C. The number of hydrogen-bond donors (Lipinski definition) is 1. The maximum absolute atomic E-state index is 11.6. The van der Waals surface area contributed by atoms with E-state index in [0.717, 1.165) is 9.15 Å². The average Bonchev–Trinajstić information content (AvgIpc) is 2.15. The fourth-order valence-electron chi connectivity index (χ4n) is 1.23. The number of halogens is 1. The maximum Gasteiger partial charge on any atom is 0.258 e. The van der Waals surface area contributed by atoms with Gasteiger partial charge in [0.1, 0.15) is 5.82 Å². The molecule has 1 heterocycles. The molecule has 1 rings (SSSR count). The first-order valence-corrected chi connectivity index (χ1v) is 5.64. The minimum absolute atomic E-state index is 0.101. The van der Waals surface area contributed by atoms with Crippen LogP contribution >= 0.6 is 22.6 Å². The number of rotatable bonds is 1. The first kappa shape index (κ1) is 12.2. The molecule has 0 saturated carbocycles. The Labute approximate surface area is 102 Å². The largest absolute Gasteiger partial charge is 0.310 e. The summed E-state index contributed by atoms with van der Waals surface area (Å²) >= 11 is 2.16. The second kappa shape index (κ2) is 4.74. The molecule has 0 aliphatic heterocycles. The van der Waals surface area contributed by atoms with Crippen LogP contribution in [0.1, 0.15) is 19.7 Å². The number of nitrogens with zero attached hydrogens (tertiary/aromatic N) is 1. The standard InChI is InChI=1S/C11H13IN2O/c1-5-8-10(9(12)6(2)3)13-7(4)14-11(8)15/h5H,2H2,1,3-4H3,(H,13,14,15)/b8-5+,10-9-. The highest BCUT2D eigenvalue weighted by Crippen LogP contribution is 2.13. The number of aromatic nitrogens is 2. The van der Waals surface area contributed by atoms with E-state index in [-0.39, 0.29) is 5.56 Å². The van der Waals surface area contributed by atoms with Crippen LogP contribution in [0.4, 0.5) is 0 Å². The zero-order chi connectivity index (χ0) is 11.6. The van der Waals surface area contributed by atoms with Crippen molar-refractivity contribution in [1.29, 1.82) is 0 Å². The average molecular weight is 316 g/mol. The number of H-pyrrole nitrogens is 1. The van der Waals surface area contributed by atoms with Gasteiger partial charge in [-0.3, -0.25) is 4.79 Å². The molecule has 0 aromatic carbocycles. The van der Waals surface area contributed by atoms with Gasteiger partial charge in [0.2, 0.25) is 0 Å². The number of allylic oxidation sites excluding steroid dienone is 1. The first-order valence-electron chi connectivity index (χ1n) is 4.56. The van der Waals surface area contributed by atoms with Crippen molar-refractivity contribution in [3.8, 4) is 0 Å². The van der Waals surface area contributed by atoms with E-state index in [9.17, 15) is 4.79 Å². The van der Waals surface area contributed by atoms with Crippen molar-refractivity contribution in [2.75, 3.05) is 0 Å². The lowest BCUT2D eigenvalue weighted by Crippen LogP contribution is -2.44. The molecule has 3 nitrogen and oxygen atoms in total. The smallest absolute Gasteiger partial charge is 0.258 e. The third-order valence-corrected chi connectivity index (χ3v) is 3.38. The van der Waals surface area contributed by atoms with Crippen molar-refractivity contribution in [1.82, 2.24) is 9.97 Å². The molecule has 0 unspecified atom stereocenters. The predicted octanol–water partition coefficient (Wildman–Crippen LogP) is 0.998. The minimum atomic E-state index is -0.101. The summed E-state index contributed by atoms with van der Waals surface area (Å²) in [6.07, 6.45) is 1.77. The van der Waals surface area contributed by atoms with E-state index in [1.54, 1.807) is 13.0 Å². The second-order valence-electron chi connectivity index (χ2n) is 3.30. The third kappa shape index (κ3) is 2.56. The number of hydrogen-bond acceptors (Lipinski definition) is 2. The summed E-state index contributed by atoms with van der Waals surface area (Å²) in [5, 5.41) is 1.32. The van der Waals surface area contributed by atoms with Crippen molar-refractivity contribution in [2.45, 2.75) is 20.8 Å². The lowest BCUT2D eigenvalue weighted by Gasteiger charge is -1.98. The van der Waals surface area contributed by atoms with Crippen LogP contribution in [0, 0.1) is 6.92 Å². The zero-order valence-corrected chi connectivity index (χ0v) is 11.2. The van der Waals surface area contributed by atoms with Crippen LogP contribution < -0.4 is 16.1 Å². The molecule has 0 fully saturated rings. The Bertz CT molecular complexity index is 569. The van der Waals surface area contributed by atoms with Gasteiger partial charge in [-0.1, -0.05) is 12.7 Å². The fraction of sp³-hybridized carbons (Fsp3) is 0.273. The van der Waals surface area contributed by atoms with Crippen molar-refractivity contribution in [3.05, 3.63) is 38.9 Å². The van der Waals surface area contributed by atoms with E-state index < -0.39 is 0 Å². The molecular formula is C11H13IN2O. The van der Waals surface area contributed by atoms with Gasteiger partial charge in [0.15, 0.2) is 0 Å². The van der Waals surface area contributed by atoms with E-state index in [1.807, 2.05) is 13.8 Å². The van der Waals surface area contributed by atoms with Crippen molar-refractivity contribution in [2.24, 2.45) is 0 Å². The van der Waals surface area contributed by atoms with Gasteiger partial charge in [0.05, 0.1) is 10.6 Å². The normalized spacial score (nSPS) is 14.0. The van der Waals surface area contributed by atoms with Gasteiger partial charge in [-0.05, 0) is 48.9 Å². The lowest BCUT2D eigenvalue weighted by molar-refractivity contribution is 0.971. The third-order valence-electron chi connectivity index (χ3n) is 1.94. The highest BCUT2D eigenvalue weighted by molar-refractivity contribution is 14.1. The Morgan fingerprint density at radius 3 is 2.67 bits per heavy atom. The van der Waals surface area contributed by atoms with Gasteiger partial charge >= 0.3 is 0 Å². The van der Waals surface area contributed by atoms with Crippen molar-refractivity contribution in [3.63, 3.8) is 0 Å². The van der Waals surface area contributed by atoms with E-state index in [0.29, 0.717) is 16.4 Å². The minimum Gasteiger partial charge on any atom is -0.310 e. The van der Waals surface area contributed by atoms with Gasteiger partial charge in [-0.15, -0.1) is 0 Å². The maximum atomic E-state index is 11.6. The Balaban J connectivity index is 3.94. The summed E-state index contributed by atoms with van der Waals surface area (Å²) in [7, 11) is 0. The van der Waals surface area contributed by atoms with Gasteiger partial charge in [-0.25, -0.2) is 4.98 Å². The summed E-state index contributed by atoms with van der Waals surface area (Å²) in [5.74, 6) is 0.621. The van der Waals surface area contributed by atoms with Crippen LogP contribution in [-0.2, 0) is 0 Å². The summed E-state index contributed by atoms with van der Waals surface area (Å²) < 4.78 is 0.926. The van der Waals surface area contributed by atoms with E-state index in [1.165, 1.54) is 0 Å². The molecule has 1 aromatic heterocycles. The molecule has 0 amide bonds. The first-order chi connectivity index (χ1) is 6.97. The molecule has 0 atom stereocenters. The summed E-state index contributed by atoms with van der Waals surface area (Å²) in [4.78, 5) is 18.7. The fourth-order valence-corrected chi connectivity index (χ4v) is 1.64. The van der Waals surface area contributed by atoms with Gasteiger partial charge in [-0.2, -0.15) is 0 Å². The Kier molecular flexibility index (Phi) is 3.84. The highest BCUT2D eigenvalue weighted by atomic mass is 127. The topological polar surface area (TPSA) is 45.8 Å². The summed E-state index contributed by atoms with van der Waals surface area (Å²) in [6.45, 7) is 9.36. The molecule has 80 valence electrons. The van der Waals surface area contributed by atoms with Crippen molar-refractivity contribution < 1.29 is 0 Å². The molecule has 0 spiro atoms. The molecule has 0 aliphatic carbocycles. The molecule has 0 saturated heterocycles.